The first kappa shape index (κ1) is 7.21. The first-order chi connectivity index (χ1) is 4.74. The van der Waals surface area contributed by atoms with Gasteiger partial charge in [-0.3, -0.25) is 4.79 Å². The van der Waals surface area contributed by atoms with E-state index in [0.29, 0.717) is 5.03 Å². The first-order valence-corrected chi connectivity index (χ1v) is 3.92. The van der Waals surface area contributed by atoms with Crippen molar-refractivity contribution in [2.24, 2.45) is 0 Å². The summed E-state index contributed by atoms with van der Waals surface area (Å²) >= 11 is 1.32. The highest BCUT2D eigenvalue weighted by molar-refractivity contribution is 7.98. The summed E-state index contributed by atoms with van der Waals surface area (Å²) in [5, 5.41) is 9.54. The lowest BCUT2D eigenvalue weighted by molar-refractivity contribution is 0.159. The van der Waals surface area contributed by atoms with Crippen molar-refractivity contribution in [1.29, 1.82) is 0 Å². The van der Waals surface area contributed by atoms with E-state index >= 15 is 0 Å². The van der Waals surface area contributed by atoms with Crippen LogP contribution in [0.5, 0.6) is 0 Å². The van der Waals surface area contributed by atoms with E-state index in [1.54, 1.807) is 6.26 Å². The topological polar surface area (TPSA) is 42.2 Å². The lowest BCUT2D eigenvalue weighted by Gasteiger charge is -2.00. The van der Waals surface area contributed by atoms with E-state index in [0.717, 1.165) is 4.73 Å². The van der Waals surface area contributed by atoms with Crippen LogP contribution < -0.4 is 5.43 Å². The van der Waals surface area contributed by atoms with Crippen molar-refractivity contribution in [2.75, 3.05) is 6.26 Å². The molecule has 4 heteroatoms. The fourth-order valence-corrected chi connectivity index (χ4v) is 1.09. The van der Waals surface area contributed by atoms with Gasteiger partial charge in [0.05, 0.1) is 0 Å². The third kappa shape index (κ3) is 1.33. The summed E-state index contributed by atoms with van der Waals surface area (Å²) in [6.45, 7) is 0. The highest BCUT2D eigenvalue weighted by Crippen LogP contribution is 2.08. The van der Waals surface area contributed by atoms with Crippen molar-refractivity contribution in [3.63, 3.8) is 0 Å². The zero-order valence-electron chi connectivity index (χ0n) is 5.44. The minimum atomic E-state index is -0.0883. The highest BCUT2D eigenvalue weighted by Gasteiger charge is 1.94. The number of thioether (sulfide) groups is 1. The Morgan fingerprint density at radius 3 is 2.90 bits per heavy atom. The van der Waals surface area contributed by atoms with E-state index in [-0.39, 0.29) is 5.43 Å². The monoisotopic (exact) mass is 157 g/mol. The van der Waals surface area contributed by atoms with E-state index in [9.17, 15) is 4.79 Å². The Kier molecular flexibility index (Phi) is 2.01. The molecule has 0 aliphatic carbocycles. The summed E-state index contributed by atoms with van der Waals surface area (Å²) in [6, 6.07) is 2.68. The van der Waals surface area contributed by atoms with Gasteiger partial charge in [-0.1, -0.05) is 0 Å². The van der Waals surface area contributed by atoms with Crippen LogP contribution in [-0.4, -0.2) is 16.2 Å². The molecule has 10 heavy (non-hydrogen) atoms. The second-order valence-electron chi connectivity index (χ2n) is 1.75. The van der Waals surface area contributed by atoms with Crippen molar-refractivity contribution in [2.45, 2.75) is 5.03 Å². The Labute approximate surface area is 62.3 Å². The van der Waals surface area contributed by atoms with Gasteiger partial charge in [-0.2, -0.15) is 4.73 Å². The molecule has 54 valence electrons. The minimum Gasteiger partial charge on any atom is -0.428 e. The molecule has 0 fully saturated rings. The fourth-order valence-electron chi connectivity index (χ4n) is 0.606. The van der Waals surface area contributed by atoms with Gasteiger partial charge in [-0.15, -0.1) is 11.8 Å². The molecule has 0 radical (unpaired) electrons. The second-order valence-corrected chi connectivity index (χ2v) is 2.58. The molecule has 0 aromatic carbocycles. The van der Waals surface area contributed by atoms with Gasteiger partial charge in [0.2, 0.25) is 0 Å². The maximum absolute atomic E-state index is 10.7. The van der Waals surface area contributed by atoms with E-state index < -0.39 is 0 Å². The van der Waals surface area contributed by atoms with Gasteiger partial charge in [-0.25, -0.2) is 0 Å². The summed E-state index contributed by atoms with van der Waals surface area (Å²) in [5.41, 5.74) is -0.0883. The second kappa shape index (κ2) is 2.79. The average molecular weight is 157 g/mol. The Balaban J connectivity index is 3.22. The largest absolute Gasteiger partial charge is 0.428 e. The lowest BCUT2D eigenvalue weighted by Crippen LogP contribution is -2.04. The summed E-state index contributed by atoms with van der Waals surface area (Å²) in [5.74, 6) is 0. The van der Waals surface area contributed by atoms with E-state index in [1.165, 1.54) is 30.1 Å². The van der Waals surface area contributed by atoms with Crippen molar-refractivity contribution in [3.05, 3.63) is 28.6 Å². The van der Waals surface area contributed by atoms with E-state index in [1.807, 2.05) is 0 Å². The molecule has 1 N–H and O–H groups in total. The van der Waals surface area contributed by atoms with Crippen LogP contribution in [0.2, 0.25) is 0 Å². The van der Waals surface area contributed by atoms with Crippen LogP contribution in [0.1, 0.15) is 0 Å². The number of hydrogen-bond acceptors (Lipinski definition) is 3. The maximum Gasteiger partial charge on any atom is 0.182 e. The van der Waals surface area contributed by atoms with Crippen molar-refractivity contribution < 1.29 is 5.21 Å². The highest BCUT2D eigenvalue weighted by atomic mass is 32.2. The molecule has 3 nitrogen and oxygen atoms in total. The van der Waals surface area contributed by atoms with Gasteiger partial charge in [0.15, 0.2) is 5.43 Å². The van der Waals surface area contributed by atoms with E-state index in [4.69, 9.17) is 5.21 Å². The molecular formula is C6H7NO2S. The smallest absolute Gasteiger partial charge is 0.182 e. The third-order valence-corrected chi connectivity index (χ3v) is 1.80. The van der Waals surface area contributed by atoms with Crippen LogP contribution in [-0.2, 0) is 0 Å². The Hall–Kier alpha value is -0.900. The van der Waals surface area contributed by atoms with Crippen molar-refractivity contribution in [3.8, 4) is 0 Å². The zero-order valence-corrected chi connectivity index (χ0v) is 6.26. The predicted molar refractivity (Wildman–Crippen MR) is 39.7 cm³/mol. The summed E-state index contributed by atoms with van der Waals surface area (Å²) < 4.78 is 0.923. The molecule has 0 spiro atoms. The number of nitrogens with zero attached hydrogens (tertiary/aromatic N) is 1. The molecule has 0 unspecified atom stereocenters. The third-order valence-electron chi connectivity index (χ3n) is 1.08. The van der Waals surface area contributed by atoms with Gasteiger partial charge in [0.1, 0.15) is 5.03 Å². The Morgan fingerprint density at radius 2 is 2.40 bits per heavy atom. The van der Waals surface area contributed by atoms with Gasteiger partial charge in [-0.05, 0) is 6.26 Å². The summed E-state index contributed by atoms with van der Waals surface area (Å²) in [7, 11) is 0. The first-order valence-electron chi connectivity index (χ1n) is 2.70. The molecule has 0 bridgehead atoms. The molecular weight excluding hydrogens is 150 g/mol. The Bertz CT molecular complexity index is 281. The Morgan fingerprint density at radius 1 is 1.70 bits per heavy atom. The molecule has 0 aliphatic heterocycles. The maximum atomic E-state index is 10.7. The summed E-state index contributed by atoms with van der Waals surface area (Å²) in [6.07, 6.45) is 3.12. The van der Waals surface area contributed by atoms with Crippen LogP contribution >= 0.6 is 11.8 Å². The number of aromatic nitrogens is 1. The molecule has 0 aliphatic rings. The van der Waals surface area contributed by atoms with E-state index in [2.05, 4.69) is 0 Å². The quantitative estimate of drug-likeness (QED) is 0.484. The molecule has 0 amide bonds. The van der Waals surface area contributed by atoms with Crippen LogP contribution in [0.4, 0.5) is 0 Å². The molecule has 1 aromatic rings. The van der Waals surface area contributed by atoms with Gasteiger partial charge < -0.3 is 5.21 Å². The molecule has 0 atom stereocenters. The molecule has 0 saturated carbocycles. The molecule has 1 heterocycles. The van der Waals surface area contributed by atoms with Gasteiger partial charge in [0, 0.05) is 18.3 Å². The van der Waals surface area contributed by atoms with Gasteiger partial charge >= 0.3 is 0 Å². The number of hydrogen-bond donors (Lipinski definition) is 1. The van der Waals surface area contributed by atoms with Crippen LogP contribution in [0.25, 0.3) is 0 Å². The molecule has 1 aromatic heterocycles. The number of rotatable bonds is 1. The van der Waals surface area contributed by atoms with Crippen LogP contribution in [0.3, 0.4) is 0 Å². The van der Waals surface area contributed by atoms with Gasteiger partial charge in [0.25, 0.3) is 0 Å². The minimum absolute atomic E-state index is 0.0883. The lowest BCUT2D eigenvalue weighted by atomic mass is 10.5. The molecule has 0 saturated heterocycles. The average Bonchev–Trinajstić information content (AvgIpc) is 1.94. The predicted octanol–water partition coefficient (Wildman–Crippen LogP) is 0.807. The normalized spacial score (nSPS) is 9.70. The molecule has 1 rings (SSSR count). The van der Waals surface area contributed by atoms with Crippen LogP contribution in [0.15, 0.2) is 28.2 Å². The summed E-state index contributed by atoms with van der Waals surface area (Å²) in [4.78, 5) is 10.7. The SMILES string of the molecule is CSc1cc(=O)ccn1O. The van der Waals surface area contributed by atoms with Crippen molar-refractivity contribution >= 4 is 11.8 Å². The van der Waals surface area contributed by atoms with Crippen LogP contribution in [0, 0.1) is 0 Å². The zero-order chi connectivity index (χ0) is 7.56. The standard InChI is InChI=1S/C6H7NO2S/c1-10-6-4-5(8)2-3-7(6)9/h2-4,9H,1H3. The van der Waals surface area contributed by atoms with Crippen molar-refractivity contribution in [1.82, 2.24) is 4.73 Å². The fraction of sp³-hybridized carbons (Fsp3) is 0.167. The number of pyridine rings is 1.